The van der Waals surface area contributed by atoms with E-state index in [2.05, 4.69) is 4.98 Å². The van der Waals surface area contributed by atoms with Crippen LogP contribution in [0, 0.1) is 6.92 Å². The first-order valence-electron chi connectivity index (χ1n) is 5.31. The Morgan fingerprint density at radius 2 is 1.88 bits per heavy atom. The van der Waals surface area contributed by atoms with Crippen molar-refractivity contribution in [3.8, 4) is 5.69 Å². The van der Waals surface area contributed by atoms with Crippen LogP contribution in [0.15, 0.2) is 24.4 Å². The van der Waals surface area contributed by atoms with Crippen LogP contribution in [0.4, 0.5) is 0 Å². The Morgan fingerprint density at radius 1 is 1.24 bits per heavy atom. The molecule has 17 heavy (non-hydrogen) atoms. The number of nitrogens with two attached hydrogens (primary N) is 1. The fourth-order valence-corrected chi connectivity index (χ4v) is 2.26. The summed E-state index contributed by atoms with van der Waals surface area (Å²) in [5.74, 6) is 0.895. The second kappa shape index (κ2) is 5.08. The van der Waals surface area contributed by atoms with Crippen molar-refractivity contribution < 1.29 is 0 Å². The van der Waals surface area contributed by atoms with Crippen LogP contribution in [0.5, 0.6) is 0 Å². The molecule has 3 nitrogen and oxygen atoms in total. The van der Waals surface area contributed by atoms with E-state index in [9.17, 15) is 0 Å². The molecular weight excluding hydrogens is 257 g/mol. The molecule has 0 amide bonds. The third kappa shape index (κ3) is 2.80. The van der Waals surface area contributed by atoms with Gasteiger partial charge in [-0.25, -0.2) is 4.98 Å². The van der Waals surface area contributed by atoms with Crippen molar-refractivity contribution in [2.75, 3.05) is 6.54 Å². The van der Waals surface area contributed by atoms with Crippen molar-refractivity contribution in [2.24, 2.45) is 5.73 Å². The zero-order chi connectivity index (χ0) is 12.4. The van der Waals surface area contributed by atoms with Crippen molar-refractivity contribution >= 4 is 23.2 Å². The van der Waals surface area contributed by atoms with E-state index in [-0.39, 0.29) is 0 Å². The number of halogens is 2. The fourth-order valence-electron chi connectivity index (χ4n) is 1.74. The number of aromatic nitrogens is 2. The standard InChI is InChI=1S/C12H13Cl2N3/c1-8-16-11(2-3-15)7-17(8)12-5-9(13)4-10(14)6-12/h4-7H,2-3,15H2,1H3. The molecule has 0 atom stereocenters. The van der Waals surface area contributed by atoms with Gasteiger partial charge in [-0.2, -0.15) is 0 Å². The smallest absolute Gasteiger partial charge is 0.110 e. The number of rotatable bonds is 3. The predicted octanol–water partition coefficient (Wildman–Crippen LogP) is 2.99. The van der Waals surface area contributed by atoms with Crippen LogP contribution in [0.1, 0.15) is 11.5 Å². The van der Waals surface area contributed by atoms with E-state index in [1.54, 1.807) is 6.07 Å². The zero-order valence-corrected chi connectivity index (χ0v) is 11.0. The van der Waals surface area contributed by atoms with E-state index in [4.69, 9.17) is 28.9 Å². The second-order valence-electron chi connectivity index (χ2n) is 3.82. The summed E-state index contributed by atoms with van der Waals surface area (Å²) in [4.78, 5) is 4.43. The number of hydrogen-bond acceptors (Lipinski definition) is 2. The quantitative estimate of drug-likeness (QED) is 0.931. The first-order chi connectivity index (χ1) is 8.10. The molecule has 0 saturated carbocycles. The van der Waals surface area contributed by atoms with Crippen molar-refractivity contribution in [3.05, 3.63) is 46.0 Å². The molecule has 0 spiro atoms. The number of hydrogen-bond donors (Lipinski definition) is 1. The number of aryl methyl sites for hydroxylation is 1. The summed E-state index contributed by atoms with van der Waals surface area (Å²) in [5, 5.41) is 1.22. The monoisotopic (exact) mass is 269 g/mol. The van der Waals surface area contributed by atoms with Crippen molar-refractivity contribution in [1.82, 2.24) is 9.55 Å². The maximum atomic E-state index is 5.98. The van der Waals surface area contributed by atoms with Gasteiger partial charge < -0.3 is 10.3 Å². The highest BCUT2D eigenvalue weighted by atomic mass is 35.5. The maximum Gasteiger partial charge on any atom is 0.110 e. The molecule has 2 rings (SSSR count). The highest BCUT2D eigenvalue weighted by molar-refractivity contribution is 6.34. The molecule has 0 bridgehead atoms. The Kier molecular flexibility index (Phi) is 3.72. The van der Waals surface area contributed by atoms with Gasteiger partial charge in [0.2, 0.25) is 0 Å². The van der Waals surface area contributed by atoms with E-state index in [1.165, 1.54) is 0 Å². The number of benzene rings is 1. The van der Waals surface area contributed by atoms with Crippen LogP contribution in [0.2, 0.25) is 10.0 Å². The lowest BCUT2D eigenvalue weighted by Gasteiger charge is -2.05. The Morgan fingerprint density at radius 3 is 2.47 bits per heavy atom. The van der Waals surface area contributed by atoms with Gasteiger partial charge in [0.15, 0.2) is 0 Å². The van der Waals surface area contributed by atoms with Crippen LogP contribution in [-0.2, 0) is 6.42 Å². The van der Waals surface area contributed by atoms with E-state index >= 15 is 0 Å². The van der Waals surface area contributed by atoms with E-state index < -0.39 is 0 Å². The third-order valence-corrected chi connectivity index (χ3v) is 2.89. The van der Waals surface area contributed by atoms with Gasteiger partial charge in [-0.15, -0.1) is 0 Å². The van der Waals surface area contributed by atoms with Gasteiger partial charge in [-0.1, -0.05) is 23.2 Å². The Labute approximate surface area is 110 Å². The van der Waals surface area contributed by atoms with Gasteiger partial charge in [0.25, 0.3) is 0 Å². The third-order valence-electron chi connectivity index (χ3n) is 2.46. The van der Waals surface area contributed by atoms with Gasteiger partial charge in [0.05, 0.1) is 5.69 Å². The predicted molar refractivity (Wildman–Crippen MR) is 71.1 cm³/mol. The maximum absolute atomic E-state index is 5.98. The fraction of sp³-hybridized carbons (Fsp3) is 0.250. The number of nitrogens with zero attached hydrogens (tertiary/aromatic N) is 2. The van der Waals surface area contributed by atoms with Crippen LogP contribution in [0.25, 0.3) is 5.69 Å². The molecule has 0 aliphatic rings. The summed E-state index contributed by atoms with van der Waals surface area (Å²) in [7, 11) is 0. The minimum Gasteiger partial charge on any atom is -0.330 e. The summed E-state index contributed by atoms with van der Waals surface area (Å²) in [5.41, 5.74) is 7.40. The highest BCUT2D eigenvalue weighted by Gasteiger charge is 2.07. The zero-order valence-electron chi connectivity index (χ0n) is 9.45. The number of imidazole rings is 1. The molecule has 1 aromatic heterocycles. The normalized spacial score (nSPS) is 10.8. The molecule has 1 aromatic carbocycles. The van der Waals surface area contributed by atoms with Crippen LogP contribution in [0.3, 0.4) is 0 Å². The molecule has 0 radical (unpaired) electrons. The molecule has 2 N–H and O–H groups in total. The first-order valence-corrected chi connectivity index (χ1v) is 6.07. The summed E-state index contributed by atoms with van der Waals surface area (Å²) in [6.07, 6.45) is 2.73. The van der Waals surface area contributed by atoms with E-state index in [0.29, 0.717) is 16.6 Å². The minimum absolute atomic E-state index is 0.590. The van der Waals surface area contributed by atoms with Crippen molar-refractivity contribution in [2.45, 2.75) is 13.3 Å². The lowest BCUT2D eigenvalue weighted by Crippen LogP contribution is -2.02. The summed E-state index contributed by atoms with van der Waals surface area (Å²) in [6, 6.07) is 5.42. The average molecular weight is 270 g/mol. The summed E-state index contributed by atoms with van der Waals surface area (Å²) in [6.45, 7) is 2.53. The average Bonchev–Trinajstić information content (AvgIpc) is 2.58. The van der Waals surface area contributed by atoms with Gasteiger partial charge in [0.1, 0.15) is 5.82 Å². The van der Waals surface area contributed by atoms with Crippen molar-refractivity contribution in [1.29, 1.82) is 0 Å². The lowest BCUT2D eigenvalue weighted by atomic mass is 10.3. The molecule has 0 fully saturated rings. The summed E-state index contributed by atoms with van der Waals surface area (Å²) >= 11 is 12.0. The van der Waals surface area contributed by atoms with Gasteiger partial charge >= 0.3 is 0 Å². The van der Waals surface area contributed by atoms with Crippen LogP contribution in [-0.4, -0.2) is 16.1 Å². The topological polar surface area (TPSA) is 43.8 Å². The first kappa shape index (κ1) is 12.4. The van der Waals surface area contributed by atoms with Gasteiger partial charge in [-0.05, 0) is 31.7 Å². The largest absolute Gasteiger partial charge is 0.330 e. The Balaban J connectivity index is 2.44. The van der Waals surface area contributed by atoms with Crippen molar-refractivity contribution in [3.63, 3.8) is 0 Å². The molecular formula is C12H13Cl2N3. The van der Waals surface area contributed by atoms with Crippen LogP contribution < -0.4 is 5.73 Å². The lowest BCUT2D eigenvalue weighted by molar-refractivity contribution is 0.928. The molecule has 90 valence electrons. The SMILES string of the molecule is Cc1nc(CCN)cn1-c1cc(Cl)cc(Cl)c1. The molecule has 0 saturated heterocycles. The highest BCUT2D eigenvalue weighted by Crippen LogP contribution is 2.23. The minimum atomic E-state index is 0.590. The molecule has 0 unspecified atom stereocenters. The Bertz CT molecular complexity index is 514. The molecule has 0 aliphatic carbocycles. The molecule has 2 aromatic rings. The van der Waals surface area contributed by atoms with Gasteiger partial charge in [0, 0.05) is 28.4 Å². The van der Waals surface area contributed by atoms with E-state index in [0.717, 1.165) is 23.6 Å². The van der Waals surface area contributed by atoms with E-state index in [1.807, 2.05) is 29.8 Å². The molecule has 1 heterocycles. The van der Waals surface area contributed by atoms with Crippen LogP contribution >= 0.6 is 23.2 Å². The summed E-state index contributed by atoms with van der Waals surface area (Å²) < 4.78 is 1.96. The molecule has 5 heteroatoms. The second-order valence-corrected chi connectivity index (χ2v) is 4.69. The Hall–Kier alpha value is -1.03. The van der Waals surface area contributed by atoms with Gasteiger partial charge in [-0.3, -0.25) is 0 Å². The molecule has 0 aliphatic heterocycles.